The number of hydrogen-bond acceptors (Lipinski definition) is 5. The molecule has 1 aliphatic rings. The minimum atomic E-state index is 0.779. The smallest absolute Gasteiger partial charge is 0.138 e. The van der Waals surface area contributed by atoms with Gasteiger partial charge in [-0.1, -0.05) is 30.7 Å². The molecule has 4 N–H and O–H groups in total. The average Bonchev–Trinajstić information content (AvgIpc) is 3.55. The molecule has 0 radical (unpaired) electrons. The van der Waals surface area contributed by atoms with Gasteiger partial charge in [0.25, 0.3) is 0 Å². The molecule has 0 atom stereocenters. The fourth-order valence-corrected chi connectivity index (χ4v) is 5.17. The van der Waals surface area contributed by atoms with Crippen LogP contribution in [0, 0.1) is 0 Å². The highest BCUT2D eigenvalue weighted by Crippen LogP contribution is 2.28. The first kappa shape index (κ1) is 23.7. The molecule has 7 heteroatoms. The number of benzene rings is 3. The van der Waals surface area contributed by atoms with E-state index in [1.165, 1.54) is 24.1 Å². The Morgan fingerprint density at radius 1 is 0.730 bits per heavy atom. The number of anilines is 1. The predicted octanol–water partition coefficient (Wildman–Crippen LogP) is 5.20. The second-order valence-corrected chi connectivity index (χ2v) is 10.2. The highest BCUT2D eigenvalue weighted by molar-refractivity contribution is 5.87. The number of aromatic nitrogens is 4. The van der Waals surface area contributed by atoms with Crippen LogP contribution in [0.5, 0.6) is 0 Å². The molecule has 0 bridgehead atoms. The zero-order chi connectivity index (χ0) is 25.2. The van der Waals surface area contributed by atoms with E-state index in [2.05, 4.69) is 87.5 Å². The summed E-state index contributed by atoms with van der Waals surface area (Å²) in [6, 6.07) is 21.6. The van der Waals surface area contributed by atoms with Crippen LogP contribution in [0.25, 0.3) is 44.8 Å². The zero-order valence-electron chi connectivity index (χ0n) is 21.5. The molecule has 1 fully saturated rings. The molecule has 3 heterocycles. The van der Waals surface area contributed by atoms with Crippen LogP contribution in [0.4, 0.5) is 5.69 Å². The lowest BCUT2D eigenvalue weighted by Crippen LogP contribution is -2.44. The van der Waals surface area contributed by atoms with Crippen LogP contribution in [0.2, 0.25) is 0 Å². The van der Waals surface area contributed by atoms with Gasteiger partial charge in [0.1, 0.15) is 11.6 Å². The lowest BCUT2D eigenvalue weighted by Gasteiger charge is -2.34. The van der Waals surface area contributed by atoms with Gasteiger partial charge in [0.15, 0.2) is 0 Å². The van der Waals surface area contributed by atoms with Crippen LogP contribution in [0.15, 0.2) is 60.7 Å². The summed E-state index contributed by atoms with van der Waals surface area (Å²) in [4.78, 5) is 21.6. The van der Waals surface area contributed by atoms with Gasteiger partial charge in [-0.2, -0.15) is 0 Å². The fourth-order valence-electron chi connectivity index (χ4n) is 5.17. The number of likely N-dealkylation sites (N-methyl/N-ethyl adjacent to an activating group) is 1. The number of aryl methyl sites for hydroxylation is 1. The molecule has 6 rings (SSSR count). The largest absolute Gasteiger partial charge is 0.369 e. The van der Waals surface area contributed by atoms with Gasteiger partial charge in [-0.15, -0.1) is 0 Å². The van der Waals surface area contributed by atoms with Crippen molar-refractivity contribution >= 4 is 27.8 Å². The SMILES string of the molecule is CN1CCN(c2ccc3nc(-c4ccc5nc(-c6ccc(CCCCCN)cc6)[nH]c5c4)[nH]c3c2)CC1. The molecule has 1 aliphatic heterocycles. The Hall–Kier alpha value is -3.68. The predicted molar refractivity (Wildman–Crippen MR) is 153 cm³/mol. The van der Waals surface area contributed by atoms with Crippen molar-refractivity contribution in [1.82, 2.24) is 24.8 Å². The quantitative estimate of drug-likeness (QED) is 0.259. The standard InChI is InChI=1S/C30H35N7/c1-36-15-17-37(18-16-36)24-11-13-26-28(20-24)35-30(33-26)23-10-12-25-27(19-23)34-29(32-25)22-8-6-21(7-9-22)5-3-2-4-14-31/h6-13,19-20H,2-5,14-18,31H2,1H3,(H,32,34)(H,33,35). The summed E-state index contributed by atoms with van der Waals surface area (Å²) in [7, 11) is 2.18. The van der Waals surface area contributed by atoms with Crippen molar-refractivity contribution in [2.24, 2.45) is 5.73 Å². The zero-order valence-corrected chi connectivity index (χ0v) is 21.5. The summed E-state index contributed by atoms with van der Waals surface area (Å²) in [6.07, 6.45) is 4.57. The molecule has 3 aromatic carbocycles. The van der Waals surface area contributed by atoms with Crippen LogP contribution in [0.3, 0.4) is 0 Å². The number of nitrogens with two attached hydrogens (primary N) is 1. The number of nitrogens with one attached hydrogen (secondary N) is 2. The van der Waals surface area contributed by atoms with Crippen molar-refractivity contribution in [3.05, 3.63) is 66.2 Å². The van der Waals surface area contributed by atoms with E-state index >= 15 is 0 Å². The third-order valence-electron chi connectivity index (χ3n) is 7.49. The number of imidazole rings is 2. The maximum atomic E-state index is 5.60. The van der Waals surface area contributed by atoms with E-state index in [1.807, 2.05) is 0 Å². The fraction of sp³-hybridized carbons (Fsp3) is 0.333. The maximum absolute atomic E-state index is 5.60. The van der Waals surface area contributed by atoms with E-state index in [0.717, 1.165) is 90.4 Å². The summed E-state index contributed by atoms with van der Waals surface area (Å²) in [6.45, 7) is 5.08. The summed E-state index contributed by atoms with van der Waals surface area (Å²) in [5.74, 6) is 1.77. The minimum Gasteiger partial charge on any atom is -0.369 e. The molecule has 37 heavy (non-hydrogen) atoms. The molecular formula is C30H35N7. The summed E-state index contributed by atoms with van der Waals surface area (Å²) < 4.78 is 0. The lowest BCUT2D eigenvalue weighted by atomic mass is 10.1. The number of aromatic amines is 2. The van der Waals surface area contributed by atoms with Gasteiger partial charge < -0.3 is 25.5 Å². The molecule has 0 amide bonds. The maximum Gasteiger partial charge on any atom is 0.138 e. The molecule has 0 spiro atoms. The van der Waals surface area contributed by atoms with E-state index in [1.54, 1.807) is 0 Å². The topological polar surface area (TPSA) is 89.9 Å². The van der Waals surface area contributed by atoms with Crippen molar-refractivity contribution < 1.29 is 0 Å². The summed E-state index contributed by atoms with van der Waals surface area (Å²) in [5.41, 5.74) is 14.4. The van der Waals surface area contributed by atoms with Crippen LogP contribution in [-0.2, 0) is 6.42 Å². The highest BCUT2D eigenvalue weighted by Gasteiger charge is 2.16. The van der Waals surface area contributed by atoms with Gasteiger partial charge in [-0.25, -0.2) is 9.97 Å². The highest BCUT2D eigenvalue weighted by atomic mass is 15.2. The Kier molecular flexibility index (Phi) is 6.64. The first-order valence-corrected chi connectivity index (χ1v) is 13.4. The number of H-pyrrole nitrogens is 2. The van der Waals surface area contributed by atoms with Gasteiger partial charge in [0.05, 0.1) is 22.1 Å². The normalized spacial score (nSPS) is 14.7. The summed E-state index contributed by atoms with van der Waals surface area (Å²) >= 11 is 0. The Labute approximate surface area is 217 Å². The van der Waals surface area contributed by atoms with E-state index in [0.29, 0.717) is 0 Å². The number of piperazine rings is 1. The van der Waals surface area contributed by atoms with Crippen molar-refractivity contribution in [2.45, 2.75) is 25.7 Å². The van der Waals surface area contributed by atoms with Crippen LogP contribution < -0.4 is 10.6 Å². The second kappa shape index (κ2) is 10.4. The number of unbranched alkanes of at least 4 members (excludes halogenated alkanes) is 2. The first-order valence-electron chi connectivity index (χ1n) is 13.4. The molecule has 0 saturated carbocycles. The Morgan fingerprint density at radius 2 is 1.38 bits per heavy atom. The molecule has 190 valence electrons. The van der Waals surface area contributed by atoms with Gasteiger partial charge in [0.2, 0.25) is 0 Å². The van der Waals surface area contributed by atoms with Gasteiger partial charge in [-0.3, -0.25) is 0 Å². The first-order chi connectivity index (χ1) is 18.2. The van der Waals surface area contributed by atoms with Crippen molar-refractivity contribution in [2.75, 3.05) is 44.7 Å². The second-order valence-electron chi connectivity index (χ2n) is 10.2. The summed E-state index contributed by atoms with van der Waals surface area (Å²) in [5, 5.41) is 0. The number of fused-ring (bicyclic) bond motifs is 2. The van der Waals surface area contributed by atoms with Crippen molar-refractivity contribution in [1.29, 1.82) is 0 Å². The Morgan fingerprint density at radius 3 is 2.11 bits per heavy atom. The van der Waals surface area contributed by atoms with Gasteiger partial charge >= 0.3 is 0 Å². The molecule has 0 aliphatic carbocycles. The number of hydrogen-bond donors (Lipinski definition) is 3. The number of rotatable bonds is 8. The van der Waals surface area contributed by atoms with Gasteiger partial charge in [-0.05, 0) is 74.8 Å². The molecule has 5 aromatic rings. The number of nitrogens with zero attached hydrogens (tertiary/aromatic N) is 4. The molecule has 0 unspecified atom stereocenters. The average molecular weight is 494 g/mol. The monoisotopic (exact) mass is 493 g/mol. The third-order valence-corrected chi connectivity index (χ3v) is 7.49. The minimum absolute atomic E-state index is 0.779. The molecular weight excluding hydrogens is 458 g/mol. The van der Waals surface area contributed by atoms with Gasteiger partial charge in [0, 0.05) is 43.0 Å². The molecule has 1 saturated heterocycles. The van der Waals surface area contributed by atoms with Crippen LogP contribution in [0.1, 0.15) is 24.8 Å². The lowest BCUT2D eigenvalue weighted by molar-refractivity contribution is 0.313. The Bertz CT molecular complexity index is 1490. The molecule has 7 nitrogen and oxygen atoms in total. The van der Waals surface area contributed by atoms with E-state index in [-0.39, 0.29) is 0 Å². The van der Waals surface area contributed by atoms with E-state index in [9.17, 15) is 0 Å². The van der Waals surface area contributed by atoms with Crippen molar-refractivity contribution in [3.8, 4) is 22.8 Å². The third kappa shape index (κ3) is 5.10. The van der Waals surface area contributed by atoms with Crippen LogP contribution >= 0.6 is 0 Å². The molecule has 2 aromatic heterocycles. The van der Waals surface area contributed by atoms with E-state index in [4.69, 9.17) is 15.7 Å². The van der Waals surface area contributed by atoms with E-state index < -0.39 is 0 Å². The van der Waals surface area contributed by atoms with Crippen LogP contribution in [-0.4, -0.2) is 64.6 Å². The Balaban J connectivity index is 1.21. The van der Waals surface area contributed by atoms with Crippen molar-refractivity contribution in [3.63, 3.8) is 0 Å².